The van der Waals surface area contributed by atoms with Gasteiger partial charge < -0.3 is 9.47 Å². The fourth-order valence-corrected chi connectivity index (χ4v) is 5.68. The van der Waals surface area contributed by atoms with Crippen LogP contribution in [0.4, 0.5) is 13.6 Å². The lowest BCUT2D eigenvalue weighted by molar-refractivity contribution is -0.0363. The van der Waals surface area contributed by atoms with Gasteiger partial charge in [-0.2, -0.15) is 0 Å². The van der Waals surface area contributed by atoms with E-state index in [1.54, 1.807) is 11.0 Å². The number of amides is 1. The Morgan fingerprint density at radius 2 is 1.66 bits per heavy atom. The Labute approximate surface area is 202 Å². The van der Waals surface area contributed by atoms with Crippen molar-refractivity contribution in [3.8, 4) is 11.1 Å². The zero-order chi connectivity index (χ0) is 23.9. The van der Waals surface area contributed by atoms with E-state index in [2.05, 4.69) is 24.3 Å². The van der Waals surface area contributed by atoms with Gasteiger partial charge in [-0.15, -0.1) is 0 Å². The first kappa shape index (κ1) is 22.0. The summed E-state index contributed by atoms with van der Waals surface area (Å²) in [4.78, 5) is 15.0. The van der Waals surface area contributed by atoms with Gasteiger partial charge in [0.1, 0.15) is 6.61 Å². The summed E-state index contributed by atoms with van der Waals surface area (Å²) in [7, 11) is 0. The highest BCUT2D eigenvalue weighted by Crippen LogP contribution is 2.44. The van der Waals surface area contributed by atoms with E-state index in [1.807, 2.05) is 30.3 Å². The number of ether oxygens (including phenoxy) is 2. The molecule has 3 aromatic carbocycles. The molecule has 6 rings (SSSR count). The maximum Gasteiger partial charge on any atom is 0.410 e. The highest BCUT2D eigenvalue weighted by Gasteiger charge is 2.39. The SMILES string of the molecule is O=C(OCC1c2ccccc2-c2ccccc21)N1C2C=C(Cc3ccc(F)c(F)c3)CC1COC2. The van der Waals surface area contributed by atoms with Gasteiger partial charge in [0.05, 0.1) is 25.3 Å². The van der Waals surface area contributed by atoms with Crippen LogP contribution < -0.4 is 0 Å². The Kier molecular flexibility index (Phi) is 5.61. The van der Waals surface area contributed by atoms with Gasteiger partial charge in [-0.1, -0.05) is 66.2 Å². The number of hydrogen-bond donors (Lipinski definition) is 0. The third-order valence-corrected chi connectivity index (χ3v) is 7.24. The molecule has 178 valence electrons. The van der Waals surface area contributed by atoms with Gasteiger partial charge in [0.25, 0.3) is 0 Å². The first-order valence-corrected chi connectivity index (χ1v) is 11.9. The minimum absolute atomic E-state index is 0.00621. The fraction of sp³-hybridized carbons (Fsp3) is 0.276. The van der Waals surface area contributed by atoms with Crippen molar-refractivity contribution in [3.63, 3.8) is 0 Å². The maximum atomic E-state index is 13.6. The summed E-state index contributed by atoms with van der Waals surface area (Å²) in [5.74, 6) is -1.69. The van der Waals surface area contributed by atoms with Crippen LogP contribution >= 0.6 is 0 Å². The molecular formula is C29H25F2NO3. The van der Waals surface area contributed by atoms with E-state index in [0.29, 0.717) is 31.6 Å². The van der Waals surface area contributed by atoms with Crippen LogP contribution in [0.25, 0.3) is 11.1 Å². The molecule has 6 heteroatoms. The molecule has 2 unspecified atom stereocenters. The van der Waals surface area contributed by atoms with Gasteiger partial charge in [-0.05, 0) is 52.8 Å². The lowest BCUT2D eigenvalue weighted by Gasteiger charge is -2.44. The first-order valence-electron chi connectivity index (χ1n) is 11.9. The van der Waals surface area contributed by atoms with Crippen molar-refractivity contribution in [2.45, 2.75) is 30.8 Å². The van der Waals surface area contributed by atoms with Crippen molar-refractivity contribution in [1.82, 2.24) is 4.90 Å². The molecular weight excluding hydrogens is 448 g/mol. The van der Waals surface area contributed by atoms with Crippen molar-refractivity contribution < 1.29 is 23.0 Å². The Morgan fingerprint density at radius 3 is 2.34 bits per heavy atom. The summed E-state index contributed by atoms with van der Waals surface area (Å²) in [6.45, 7) is 1.09. The van der Waals surface area contributed by atoms with Crippen LogP contribution in [0, 0.1) is 11.6 Å². The third-order valence-electron chi connectivity index (χ3n) is 7.24. The molecule has 2 atom stereocenters. The Balaban J connectivity index is 1.18. The Morgan fingerprint density at radius 1 is 0.943 bits per heavy atom. The standard InChI is InChI=1S/C29H25F2NO3/c30-27-10-9-18(14-28(27)31)11-19-12-20-15-34-16-21(13-19)32(20)29(33)35-17-26-24-7-3-1-5-22(24)23-6-2-4-8-25(23)26/h1-10,12,14,20-21,26H,11,13,15-17H2. The Hall–Kier alpha value is -3.51. The largest absolute Gasteiger partial charge is 0.448 e. The number of nitrogens with zero attached hydrogens (tertiary/aromatic N) is 1. The number of halogens is 2. The zero-order valence-electron chi connectivity index (χ0n) is 19.1. The molecule has 0 spiro atoms. The average molecular weight is 474 g/mol. The highest BCUT2D eigenvalue weighted by atomic mass is 19.2. The number of hydrogen-bond acceptors (Lipinski definition) is 3. The number of benzene rings is 3. The van der Waals surface area contributed by atoms with Crippen molar-refractivity contribution in [2.24, 2.45) is 0 Å². The van der Waals surface area contributed by atoms with Crippen molar-refractivity contribution in [3.05, 3.63) is 107 Å². The molecule has 0 radical (unpaired) electrons. The molecule has 0 saturated carbocycles. The van der Waals surface area contributed by atoms with E-state index >= 15 is 0 Å². The quantitative estimate of drug-likeness (QED) is 0.446. The van der Waals surface area contributed by atoms with Crippen molar-refractivity contribution >= 4 is 6.09 Å². The molecule has 1 saturated heterocycles. The monoisotopic (exact) mass is 473 g/mol. The normalized spacial score (nSPS) is 20.7. The molecule has 1 amide bonds. The molecule has 1 aliphatic carbocycles. The minimum atomic E-state index is -0.849. The smallest absolute Gasteiger partial charge is 0.410 e. The number of morpholine rings is 1. The fourth-order valence-electron chi connectivity index (χ4n) is 5.68. The highest BCUT2D eigenvalue weighted by molar-refractivity contribution is 5.79. The van der Waals surface area contributed by atoms with E-state index in [-0.39, 0.29) is 30.7 Å². The molecule has 0 aromatic heterocycles. The molecule has 2 bridgehead atoms. The van der Waals surface area contributed by atoms with Crippen molar-refractivity contribution in [1.29, 1.82) is 0 Å². The van der Waals surface area contributed by atoms with E-state index in [4.69, 9.17) is 9.47 Å². The summed E-state index contributed by atoms with van der Waals surface area (Å²) >= 11 is 0. The summed E-state index contributed by atoms with van der Waals surface area (Å²) in [5.41, 5.74) is 6.55. The van der Waals surface area contributed by atoms with E-state index in [9.17, 15) is 13.6 Å². The zero-order valence-corrected chi connectivity index (χ0v) is 19.1. The molecule has 35 heavy (non-hydrogen) atoms. The predicted molar refractivity (Wildman–Crippen MR) is 128 cm³/mol. The number of carbonyl (C=O) groups excluding carboxylic acids is 1. The van der Waals surface area contributed by atoms with Gasteiger partial charge in [-0.25, -0.2) is 13.6 Å². The minimum Gasteiger partial charge on any atom is -0.448 e. The van der Waals surface area contributed by atoms with Crippen LogP contribution in [0.5, 0.6) is 0 Å². The predicted octanol–water partition coefficient (Wildman–Crippen LogP) is 5.86. The lowest BCUT2D eigenvalue weighted by atomic mass is 9.90. The van der Waals surface area contributed by atoms with Crippen LogP contribution in [-0.4, -0.2) is 42.9 Å². The topological polar surface area (TPSA) is 38.8 Å². The van der Waals surface area contributed by atoms with Gasteiger partial charge in [0.15, 0.2) is 11.6 Å². The van der Waals surface area contributed by atoms with Crippen LogP contribution in [0.1, 0.15) is 29.0 Å². The average Bonchev–Trinajstić information content (AvgIpc) is 3.18. The van der Waals surface area contributed by atoms with Crippen molar-refractivity contribution in [2.75, 3.05) is 19.8 Å². The first-order chi connectivity index (χ1) is 17.1. The second-order valence-electron chi connectivity index (χ2n) is 9.42. The van der Waals surface area contributed by atoms with Crippen LogP contribution in [0.3, 0.4) is 0 Å². The lowest BCUT2D eigenvalue weighted by Crippen LogP contribution is -2.56. The molecule has 0 N–H and O–H groups in total. The summed E-state index contributed by atoms with van der Waals surface area (Å²) in [5, 5.41) is 0. The second kappa shape index (κ2) is 8.93. The van der Waals surface area contributed by atoms with Crippen LogP contribution in [-0.2, 0) is 15.9 Å². The number of rotatable bonds is 4. The van der Waals surface area contributed by atoms with Crippen LogP contribution in [0.2, 0.25) is 0 Å². The van der Waals surface area contributed by atoms with Gasteiger partial charge in [-0.3, -0.25) is 4.90 Å². The van der Waals surface area contributed by atoms with Crippen LogP contribution in [0.15, 0.2) is 78.4 Å². The molecule has 2 heterocycles. The van der Waals surface area contributed by atoms with E-state index in [0.717, 1.165) is 11.6 Å². The van der Waals surface area contributed by atoms with Gasteiger partial charge in [0.2, 0.25) is 0 Å². The second-order valence-corrected chi connectivity index (χ2v) is 9.42. The number of carbonyl (C=O) groups is 1. The van der Waals surface area contributed by atoms with E-state index < -0.39 is 11.6 Å². The summed E-state index contributed by atoms with van der Waals surface area (Å²) in [6, 6.07) is 20.1. The van der Waals surface area contributed by atoms with Gasteiger partial charge in [0, 0.05) is 5.92 Å². The maximum absolute atomic E-state index is 13.6. The molecule has 3 aromatic rings. The third kappa shape index (κ3) is 4.02. The Bertz CT molecular complexity index is 1280. The molecule has 3 aliphatic rings. The van der Waals surface area contributed by atoms with E-state index in [1.165, 1.54) is 28.3 Å². The molecule has 2 aliphatic heterocycles. The molecule has 4 nitrogen and oxygen atoms in total. The molecule has 1 fully saturated rings. The van der Waals surface area contributed by atoms with Gasteiger partial charge >= 0.3 is 6.09 Å². The summed E-state index contributed by atoms with van der Waals surface area (Å²) < 4.78 is 38.6. The number of fused-ring (bicyclic) bond motifs is 5. The summed E-state index contributed by atoms with van der Waals surface area (Å²) in [6.07, 6.45) is 2.80.